The lowest BCUT2D eigenvalue weighted by molar-refractivity contribution is -0.480. The van der Waals surface area contributed by atoms with Gasteiger partial charge in [-0.15, -0.1) is 0 Å². The monoisotopic (exact) mass is 367 g/mol. The number of hydrogen-bond acceptors (Lipinski definition) is 0. The van der Waals surface area contributed by atoms with Crippen molar-refractivity contribution in [2.45, 2.75) is 103 Å². The number of quaternary nitrogens is 1. The van der Waals surface area contributed by atoms with Gasteiger partial charge in [0.15, 0.2) is 0 Å². The molecule has 1 nitrogen and oxygen atoms in total. The first-order valence-corrected chi connectivity index (χ1v) is 10.4. The molecule has 0 saturated heterocycles. The van der Waals surface area contributed by atoms with E-state index in [0.717, 1.165) is 0 Å². The Morgan fingerprint density at radius 2 is 1.28 bits per heavy atom. The van der Waals surface area contributed by atoms with Crippen LogP contribution in [0.25, 0.3) is 0 Å². The smallest absolute Gasteiger partial charge is 0.0920 e. The molecule has 0 spiro atoms. The van der Waals surface area contributed by atoms with Gasteiger partial charge in [0.05, 0.1) is 5.54 Å². The van der Waals surface area contributed by atoms with Crippen molar-refractivity contribution >= 4 is 0 Å². The minimum Gasteiger partial charge on any atom is -1.00 e. The van der Waals surface area contributed by atoms with Gasteiger partial charge in [0, 0.05) is 5.92 Å². The third-order valence-corrected chi connectivity index (χ3v) is 5.34. The summed E-state index contributed by atoms with van der Waals surface area (Å²) < 4.78 is 0. The SMILES string of the molecule is CCCCCCCCCCCCC(Cc1ccccc1)C(C)(C)[NH3+].[Cl-]. The standard InChI is InChI=1S/C23H41N.ClH/c1-4-5-6-7-8-9-10-11-12-16-19-22(23(2,3)24)20-21-17-14-13-15-18-21;/h13-15,17-18,22H,4-12,16,19-20,24H2,1-3H3;1H. The van der Waals surface area contributed by atoms with Crippen molar-refractivity contribution in [3.63, 3.8) is 0 Å². The molecule has 0 saturated carbocycles. The minimum atomic E-state index is 0. The van der Waals surface area contributed by atoms with Gasteiger partial charge in [-0.2, -0.15) is 0 Å². The van der Waals surface area contributed by atoms with Crippen molar-refractivity contribution in [1.29, 1.82) is 0 Å². The Bertz CT molecular complexity index is 396. The van der Waals surface area contributed by atoms with Crippen molar-refractivity contribution < 1.29 is 18.1 Å². The van der Waals surface area contributed by atoms with Crippen molar-refractivity contribution in [3.8, 4) is 0 Å². The van der Waals surface area contributed by atoms with Crippen LogP contribution in [0, 0.1) is 5.92 Å². The molecule has 0 fully saturated rings. The lowest BCUT2D eigenvalue weighted by atomic mass is 9.80. The van der Waals surface area contributed by atoms with Crippen molar-refractivity contribution in [2.75, 3.05) is 0 Å². The van der Waals surface area contributed by atoms with Gasteiger partial charge in [-0.3, -0.25) is 0 Å². The molecule has 0 amide bonds. The Kier molecular flexibility index (Phi) is 14.3. The summed E-state index contributed by atoms with van der Waals surface area (Å²) in [5.74, 6) is 0.689. The summed E-state index contributed by atoms with van der Waals surface area (Å²) in [6.07, 6.45) is 16.7. The maximum Gasteiger partial charge on any atom is 0.0920 e. The van der Waals surface area contributed by atoms with E-state index in [2.05, 4.69) is 56.8 Å². The second-order valence-corrected chi connectivity index (χ2v) is 8.35. The predicted octanol–water partition coefficient (Wildman–Crippen LogP) is 3.18. The van der Waals surface area contributed by atoms with Gasteiger partial charge >= 0.3 is 0 Å². The van der Waals surface area contributed by atoms with Gasteiger partial charge in [-0.05, 0) is 32.3 Å². The average Bonchev–Trinajstić information content (AvgIpc) is 2.55. The summed E-state index contributed by atoms with van der Waals surface area (Å²) >= 11 is 0. The summed E-state index contributed by atoms with van der Waals surface area (Å²) in [6.45, 7) is 6.89. The fraction of sp³-hybridized carbons (Fsp3) is 0.739. The molecule has 0 aliphatic heterocycles. The van der Waals surface area contributed by atoms with E-state index in [0.29, 0.717) is 5.92 Å². The molecule has 25 heavy (non-hydrogen) atoms. The van der Waals surface area contributed by atoms with E-state index in [-0.39, 0.29) is 17.9 Å². The molecule has 0 radical (unpaired) electrons. The molecule has 146 valence electrons. The van der Waals surface area contributed by atoms with Crippen LogP contribution in [-0.2, 0) is 6.42 Å². The van der Waals surface area contributed by atoms with E-state index in [1.165, 1.54) is 82.6 Å². The first-order valence-electron chi connectivity index (χ1n) is 10.4. The first-order chi connectivity index (χ1) is 11.5. The molecule has 0 aromatic heterocycles. The molecule has 2 heteroatoms. The highest BCUT2D eigenvalue weighted by molar-refractivity contribution is 5.15. The fourth-order valence-corrected chi connectivity index (χ4v) is 3.55. The van der Waals surface area contributed by atoms with E-state index in [1.807, 2.05) is 0 Å². The van der Waals surface area contributed by atoms with Crippen LogP contribution < -0.4 is 18.1 Å². The lowest BCUT2D eigenvalue weighted by Crippen LogP contribution is -3.00. The second-order valence-electron chi connectivity index (χ2n) is 8.35. The van der Waals surface area contributed by atoms with Crippen LogP contribution in [0.4, 0.5) is 0 Å². The molecule has 1 aromatic rings. The predicted molar refractivity (Wildman–Crippen MR) is 107 cm³/mol. The van der Waals surface area contributed by atoms with Gasteiger partial charge in [-0.1, -0.05) is 101 Å². The molecule has 3 N–H and O–H groups in total. The van der Waals surface area contributed by atoms with Crippen LogP contribution in [0.3, 0.4) is 0 Å². The third kappa shape index (κ3) is 12.5. The van der Waals surface area contributed by atoms with E-state index < -0.39 is 0 Å². The van der Waals surface area contributed by atoms with E-state index in [4.69, 9.17) is 0 Å². The van der Waals surface area contributed by atoms with Gasteiger partial charge in [0.2, 0.25) is 0 Å². The van der Waals surface area contributed by atoms with E-state index in [9.17, 15) is 0 Å². The molecule has 1 aromatic carbocycles. The summed E-state index contributed by atoms with van der Waals surface area (Å²) in [5, 5.41) is 0. The maximum absolute atomic E-state index is 4.43. The second kappa shape index (κ2) is 14.6. The van der Waals surface area contributed by atoms with Crippen LogP contribution in [-0.4, -0.2) is 5.54 Å². The normalized spacial score (nSPS) is 12.6. The Balaban J connectivity index is 0.00000576. The maximum atomic E-state index is 4.43. The van der Waals surface area contributed by atoms with Gasteiger partial charge in [-0.25, -0.2) is 0 Å². The summed E-state index contributed by atoms with van der Waals surface area (Å²) in [6, 6.07) is 10.9. The quantitative estimate of drug-likeness (QED) is 0.489. The summed E-state index contributed by atoms with van der Waals surface area (Å²) in [5.41, 5.74) is 6.06. The van der Waals surface area contributed by atoms with Gasteiger partial charge in [0.25, 0.3) is 0 Å². The number of hydrogen-bond donors (Lipinski definition) is 1. The van der Waals surface area contributed by atoms with Gasteiger partial charge < -0.3 is 18.1 Å². The topological polar surface area (TPSA) is 27.6 Å². The first kappa shape index (κ1) is 24.5. The Hall–Kier alpha value is -0.530. The highest BCUT2D eigenvalue weighted by Crippen LogP contribution is 2.24. The Labute approximate surface area is 163 Å². The molecule has 0 bridgehead atoms. The number of unbranched alkanes of at least 4 members (excludes halogenated alkanes) is 9. The molecule has 0 aliphatic carbocycles. The molecule has 0 aliphatic rings. The fourth-order valence-electron chi connectivity index (χ4n) is 3.55. The van der Waals surface area contributed by atoms with Gasteiger partial charge in [0.1, 0.15) is 0 Å². The lowest BCUT2D eigenvalue weighted by Gasteiger charge is -2.27. The zero-order valence-electron chi connectivity index (χ0n) is 17.0. The van der Waals surface area contributed by atoms with Crippen LogP contribution in [0.1, 0.15) is 97.0 Å². The van der Waals surface area contributed by atoms with Crippen LogP contribution in [0.2, 0.25) is 0 Å². The number of rotatable bonds is 14. The molecule has 1 rings (SSSR count). The molecule has 1 atom stereocenters. The summed E-state index contributed by atoms with van der Waals surface area (Å²) in [4.78, 5) is 0. The Morgan fingerprint density at radius 3 is 1.76 bits per heavy atom. The summed E-state index contributed by atoms with van der Waals surface area (Å²) in [7, 11) is 0. The van der Waals surface area contributed by atoms with Crippen molar-refractivity contribution in [1.82, 2.24) is 0 Å². The van der Waals surface area contributed by atoms with E-state index in [1.54, 1.807) is 0 Å². The van der Waals surface area contributed by atoms with Crippen molar-refractivity contribution in [3.05, 3.63) is 35.9 Å². The zero-order valence-corrected chi connectivity index (χ0v) is 17.8. The number of benzene rings is 1. The molecular formula is C23H42ClN. The third-order valence-electron chi connectivity index (χ3n) is 5.34. The minimum absolute atomic E-state index is 0. The zero-order chi connectivity index (χ0) is 17.7. The Morgan fingerprint density at radius 1 is 0.800 bits per heavy atom. The van der Waals surface area contributed by atoms with Crippen molar-refractivity contribution in [2.24, 2.45) is 5.92 Å². The van der Waals surface area contributed by atoms with Crippen LogP contribution in [0.5, 0.6) is 0 Å². The molecule has 0 heterocycles. The van der Waals surface area contributed by atoms with Crippen LogP contribution >= 0.6 is 0 Å². The molecule has 1 unspecified atom stereocenters. The van der Waals surface area contributed by atoms with Crippen LogP contribution in [0.15, 0.2) is 30.3 Å². The van der Waals surface area contributed by atoms with E-state index >= 15 is 0 Å². The highest BCUT2D eigenvalue weighted by atomic mass is 35.5. The largest absolute Gasteiger partial charge is 1.00 e. The highest BCUT2D eigenvalue weighted by Gasteiger charge is 2.28. The average molecular weight is 368 g/mol. The molecular weight excluding hydrogens is 326 g/mol. The number of halogens is 1.